The van der Waals surface area contributed by atoms with Crippen LogP contribution in [0.5, 0.6) is 11.5 Å². The minimum atomic E-state index is -3.27. The van der Waals surface area contributed by atoms with Crippen molar-refractivity contribution in [3.63, 3.8) is 0 Å². The maximum absolute atomic E-state index is 11.9. The fraction of sp³-hybridized carbons (Fsp3) is 0.263. The molecule has 0 aliphatic carbocycles. The minimum absolute atomic E-state index is 0.00566. The molecule has 1 N–H and O–H groups in total. The molecule has 2 atom stereocenters. The van der Waals surface area contributed by atoms with Crippen LogP contribution in [-0.2, 0) is 9.84 Å². The lowest BCUT2D eigenvalue weighted by atomic mass is 9.79. The zero-order chi connectivity index (χ0) is 17.8. The average Bonchev–Trinajstić information content (AvgIpc) is 2.60. The molecule has 0 aromatic heterocycles. The van der Waals surface area contributed by atoms with Gasteiger partial charge in [0.1, 0.15) is 11.5 Å². The summed E-state index contributed by atoms with van der Waals surface area (Å²) in [6, 6.07) is 10.8. The summed E-state index contributed by atoms with van der Waals surface area (Å²) in [5.41, 5.74) is 3.55. The molecule has 0 bridgehead atoms. The lowest BCUT2D eigenvalue weighted by molar-refractivity contribution is 0.230. The Morgan fingerprint density at radius 1 is 1.28 bits per heavy atom. The largest absolute Gasteiger partial charge is 0.496 e. The fourth-order valence-corrected chi connectivity index (χ4v) is 4.25. The summed E-state index contributed by atoms with van der Waals surface area (Å²) in [6.07, 6.45) is 1.21. The maximum Gasteiger partial charge on any atom is 0.175 e. The first kappa shape index (κ1) is 16.0. The quantitative estimate of drug-likeness (QED) is 0.893. The summed E-state index contributed by atoms with van der Waals surface area (Å²) >= 11 is 0. The van der Waals surface area contributed by atoms with Gasteiger partial charge in [-0.3, -0.25) is 0 Å². The molecule has 6 heteroatoms. The summed E-state index contributed by atoms with van der Waals surface area (Å²) in [5, 5.41) is 3.52. The topological polar surface area (TPSA) is 64.6 Å². The third-order valence-electron chi connectivity index (χ3n) is 4.90. The van der Waals surface area contributed by atoms with Crippen LogP contribution >= 0.6 is 0 Å². The monoisotopic (exact) mass is 357 g/mol. The van der Waals surface area contributed by atoms with Gasteiger partial charge in [-0.25, -0.2) is 8.42 Å². The predicted molar refractivity (Wildman–Crippen MR) is 96.9 cm³/mol. The van der Waals surface area contributed by atoms with Crippen molar-refractivity contribution in [2.24, 2.45) is 5.92 Å². The number of ether oxygens (including phenoxy) is 2. The van der Waals surface area contributed by atoms with Gasteiger partial charge in [0.05, 0.1) is 30.2 Å². The smallest absolute Gasteiger partial charge is 0.175 e. The molecule has 0 fully saturated rings. The molecule has 2 aliphatic rings. The standard InChI is InChI=1S/C19H19NO4S/c1-11-13-9-12(25(3,21)22)7-8-15(13)20-19-14(11)10-24-17-6-4-5-16(23-2)18(17)19/h4-9,14,19-20H,1,10H2,2-3H3/t14-,19+/m1/s1. The Labute approximate surface area is 147 Å². The van der Waals surface area contributed by atoms with E-state index in [1.807, 2.05) is 18.2 Å². The van der Waals surface area contributed by atoms with Gasteiger partial charge in [0.15, 0.2) is 9.84 Å². The van der Waals surface area contributed by atoms with Crippen molar-refractivity contribution in [1.82, 2.24) is 0 Å². The molecule has 0 spiro atoms. The number of benzene rings is 2. The molecule has 5 nitrogen and oxygen atoms in total. The lowest BCUT2D eigenvalue weighted by Gasteiger charge is -2.41. The molecule has 0 saturated heterocycles. The van der Waals surface area contributed by atoms with E-state index in [-0.39, 0.29) is 12.0 Å². The molecule has 0 saturated carbocycles. The molecule has 0 amide bonds. The van der Waals surface area contributed by atoms with Crippen molar-refractivity contribution in [3.05, 3.63) is 54.1 Å². The molecular formula is C19H19NO4S. The Morgan fingerprint density at radius 2 is 2.08 bits per heavy atom. The van der Waals surface area contributed by atoms with Gasteiger partial charge in [0.25, 0.3) is 0 Å². The van der Waals surface area contributed by atoms with Crippen LogP contribution in [0, 0.1) is 5.92 Å². The van der Waals surface area contributed by atoms with E-state index in [1.165, 1.54) is 6.26 Å². The van der Waals surface area contributed by atoms with Gasteiger partial charge in [0, 0.05) is 23.4 Å². The molecular weight excluding hydrogens is 338 g/mol. The van der Waals surface area contributed by atoms with Crippen LogP contribution in [0.3, 0.4) is 0 Å². The molecule has 130 valence electrons. The van der Waals surface area contributed by atoms with Crippen molar-refractivity contribution in [2.75, 3.05) is 25.3 Å². The summed E-state index contributed by atoms with van der Waals surface area (Å²) in [5.74, 6) is 1.58. The summed E-state index contributed by atoms with van der Waals surface area (Å²) < 4.78 is 35.2. The zero-order valence-corrected chi connectivity index (χ0v) is 14.9. The second kappa shape index (κ2) is 5.52. The number of hydrogen-bond donors (Lipinski definition) is 1. The first-order valence-electron chi connectivity index (χ1n) is 7.99. The number of nitrogens with one attached hydrogen (secondary N) is 1. The highest BCUT2D eigenvalue weighted by Gasteiger charge is 2.39. The summed E-state index contributed by atoms with van der Waals surface area (Å²) in [7, 11) is -1.63. The molecule has 0 radical (unpaired) electrons. The fourth-order valence-electron chi connectivity index (χ4n) is 3.60. The number of methoxy groups -OCH3 is 1. The Morgan fingerprint density at radius 3 is 2.80 bits per heavy atom. The Balaban J connectivity index is 1.84. The zero-order valence-electron chi connectivity index (χ0n) is 14.1. The Bertz CT molecular complexity index is 967. The van der Waals surface area contributed by atoms with E-state index in [0.29, 0.717) is 11.5 Å². The van der Waals surface area contributed by atoms with E-state index < -0.39 is 9.84 Å². The summed E-state index contributed by atoms with van der Waals surface area (Å²) in [4.78, 5) is 0.294. The van der Waals surface area contributed by atoms with Gasteiger partial charge in [-0.15, -0.1) is 0 Å². The van der Waals surface area contributed by atoms with Crippen molar-refractivity contribution >= 4 is 21.1 Å². The third-order valence-corrected chi connectivity index (χ3v) is 6.01. The van der Waals surface area contributed by atoms with Crippen LogP contribution in [0.1, 0.15) is 17.2 Å². The lowest BCUT2D eigenvalue weighted by Crippen LogP contribution is -2.35. The highest BCUT2D eigenvalue weighted by atomic mass is 32.2. The number of anilines is 1. The van der Waals surface area contributed by atoms with Gasteiger partial charge < -0.3 is 14.8 Å². The van der Waals surface area contributed by atoms with Gasteiger partial charge >= 0.3 is 0 Å². The van der Waals surface area contributed by atoms with Gasteiger partial charge in [-0.2, -0.15) is 0 Å². The van der Waals surface area contributed by atoms with E-state index in [1.54, 1.807) is 25.3 Å². The first-order chi connectivity index (χ1) is 11.9. The van der Waals surface area contributed by atoms with Crippen molar-refractivity contribution < 1.29 is 17.9 Å². The maximum atomic E-state index is 11.9. The van der Waals surface area contributed by atoms with Crippen LogP contribution in [0.15, 0.2) is 47.9 Å². The molecule has 2 heterocycles. The minimum Gasteiger partial charge on any atom is -0.496 e. The van der Waals surface area contributed by atoms with Crippen LogP contribution < -0.4 is 14.8 Å². The van der Waals surface area contributed by atoms with Gasteiger partial charge in [-0.05, 0) is 35.9 Å². The number of rotatable bonds is 2. The van der Waals surface area contributed by atoms with Crippen molar-refractivity contribution in [1.29, 1.82) is 0 Å². The molecule has 25 heavy (non-hydrogen) atoms. The molecule has 2 aromatic carbocycles. The predicted octanol–water partition coefficient (Wildman–Crippen LogP) is 3.29. The highest BCUT2D eigenvalue weighted by Crippen LogP contribution is 2.50. The van der Waals surface area contributed by atoms with E-state index in [9.17, 15) is 8.42 Å². The van der Waals surface area contributed by atoms with Crippen LogP contribution in [-0.4, -0.2) is 28.4 Å². The van der Waals surface area contributed by atoms with Crippen LogP contribution in [0.4, 0.5) is 5.69 Å². The second-order valence-electron chi connectivity index (χ2n) is 6.42. The molecule has 4 rings (SSSR count). The van der Waals surface area contributed by atoms with Gasteiger partial charge in [-0.1, -0.05) is 12.6 Å². The molecule has 2 aromatic rings. The molecule has 2 aliphatic heterocycles. The van der Waals surface area contributed by atoms with E-state index >= 15 is 0 Å². The van der Waals surface area contributed by atoms with E-state index in [2.05, 4.69) is 11.9 Å². The second-order valence-corrected chi connectivity index (χ2v) is 8.43. The van der Waals surface area contributed by atoms with Crippen LogP contribution in [0.25, 0.3) is 5.57 Å². The molecule has 0 unspecified atom stereocenters. The third kappa shape index (κ3) is 2.48. The number of hydrogen-bond acceptors (Lipinski definition) is 5. The average molecular weight is 357 g/mol. The SMILES string of the molecule is C=C1c2cc(S(C)(=O)=O)ccc2N[C@@H]2c3c(OC)cccc3OC[C@H]12. The summed E-state index contributed by atoms with van der Waals surface area (Å²) in [6.45, 7) is 4.72. The van der Waals surface area contributed by atoms with Crippen molar-refractivity contribution in [2.45, 2.75) is 10.9 Å². The highest BCUT2D eigenvalue weighted by molar-refractivity contribution is 7.90. The van der Waals surface area contributed by atoms with E-state index in [4.69, 9.17) is 9.47 Å². The van der Waals surface area contributed by atoms with Crippen molar-refractivity contribution in [3.8, 4) is 11.5 Å². The first-order valence-corrected chi connectivity index (χ1v) is 9.89. The Hall–Kier alpha value is -2.47. The van der Waals surface area contributed by atoms with Gasteiger partial charge in [0.2, 0.25) is 0 Å². The number of sulfone groups is 1. The van der Waals surface area contributed by atoms with Crippen LogP contribution in [0.2, 0.25) is 0 Å². The Kier molecular flexibility index (Phi) is 3.54. The van der Waals surface area contributed by atoms with E-state index in [0.717, 1.165) is 33.9 Å². The normalized spacial score (nSPS) is 21.3. The number of fused-ring (bicyclic) bond motifs is 4.